The van der Waals surface area contributed by atoms with Crippen LogP contribution in [0.3, 0.4) is 0 Å². The van der Waals surface area contributed by atoms with Gasteiger partial charge >= 0.3 is 0 Å². The second-order valence-electron chi connectivity index (χ2n) is 3.76. The van der Waals surface area contributed by atoms with Gasteiger partial charge in [0, 0.05) is 17.8 Å². The topological polar surface area (TPSA) is 57.4 Å². The van der Waals surface area contributed by atoms with Crippen LogP contribution in [0.5, 0.6) is 17.4 Å². The van der Waals surface area contributed by atoms with Crippen LogP contribution in [0.15, 0.2) is 42.6 Å². The smallest absolute Gasteiger partial charge is 0.219 e. The number of rotatable bonds is 5. The molecule has 0 aliphatic rings. The lowest BCUT2D eigenvalue weighted by Crippen LogP contribution is -2.09. The van der Waals surface area contributed by atoms with Crippen molar-refractivity contribution in [3.05, 3.63) is 48.2 Å². The molecule has 0 saturated carbocycles. The third-order valence-corrected chi connectivity index (χ3v) is 2.61. The Morgan fingerprint density at radius 1 is 1.16 bits per heavy atom. The first-order valence-corrected chi connectivity index (χ1v) is 6.26. The van der Waals surface area contributed by atoms with Gasteiger partial charge in [-0.1, -0.05) is 12.2 Å². The molecule has 19 heavy (non-hydrogen) atoms. The zero-order chi connectivity index (χ0) is 13.7. The maximum absolute atomic E-state index is 5.60. The van der Waals surface area contributed by atoms with Gasteiger partial charge in [-0.15, -0.1) is 0 Å². The summed E-state index contributed by atoms with van der Waals surface area (Å²) in [5, 5.41) is 0. The highest BCUT2D eigenvalue weighted by Gasteiger charge is 2.01. The van der Waals surface area contributed by atoms with Crippen LogP contribution in [0, 0.1) is 0 Å². The maximum Gasteiger partial charge on any atom is 0.219 e. The standard InChI is InChI=1S/C14H14N2O2S/c1-2-17-11-4-6-12(7-5-11)18-13-8-3-10(9-16-13)14(15)19/h3-9H,2H2,1H3,(H2,15,19). The van der Waals surface area contributed by atoms with Gasteiger partial charge in [0.1, 0.15) is 16.5 Å². The second-order valence-corrected chi connectivity index (χ2v) is 4.20. The normalized spacial score (nSPS) is 9.95. The minimum Gasteiger partial charge on any atom is -0.494 e. The molecule has 0 unspecified atom stereocenters. The lowest BCUT2D eigenvalue weighted by atomic mass is 10.3. The zero-order valence-electron chi connectivity index (χ0n) is 10.5. The first kappa shape index (κ1) is 13.3. The maximum atomic E-state index is 5.60. The molecule has 0 atom stereocenters. The van der Waals surface area contributed by atoms with Crippen molar-refractivity contribution < 1.29 is 9.47 Å². The Kier molecular flexibility index (Phi) is 4.30. The van der Waals surface area contributed by atoms with Crippen molar-refractivity contribution in [3.8, 4) is 17.4 Å². The molecular weight excluding hydrogens is 260 g/mol. The number of ether oxygens (including phenoxy) is 2. The van der Waals surface area contributed by atoms with Crippen molar-refractivity contribution in [2.24, 2.45) is 5.73 Å². The molecule has 98 valence electrons. The molecule has 0 radical (unpaired) electrons. The zero-order valence-corrected chi connectivity index (χ0v) is 11.3. The fourth-order valence-corrected chi connectivity index (χ4v) is 1.60. The SMILES string of the molecule is CCOc1ccc(Oc2ccc(C(N)=S)cn2)cc1. The van der Waals surface area contributed by atoms with Gasteiger partial charge in [-0.05, 0) is 37.3 Å². The summed E-state index contributed by atoms with van der Waals surface area (Å²) in [4.78, 5) is 4.45. The highest BCUT2D eigenvalue weighted by Crippen LogP contribution is 2.22. The number of nitrogens with zero attached hydrogens (tertiary/aromatic N) is 1. The van der Waals surface area contributed by atoms with Gasteiger partial charge in [-0.2, -0.15) is 0 Å². The Labute approximate surface area is 117 Å². The Bertz CT molecular complexity index is 553. The van der Waals surface area contributed by atoms with E-state index in [-0.39, 0.29) is 0 Å². The molecule has 0 amide bonds. The molecule has 0 saturated heterocycles. The Hall–Kier alpha value is -2.14. The van der Waals surface area contributed by atoms with Crippen LogP contribution in [-0.4, -0.2) is 16.6 Å². The molecule has 5 heteroatoms. The van der Waals surface area contributed by atoms with Crippen LogP contribution >= 0.6 is 12.2 Å². The van der Waals surface area contributed by atoms with Crippen molar-refractivity contribution in [1.82, 2.24) is 4.98 Å². The fourth-order valence-electron chi connectivity index (χ4n) is 1.48. The predicted octanol–water partition coefficient (Wildman–Crippen LogP) is 2.91. The molecule has 0 bridgehead atoms. The molecular formula is C14H14N2O2S. The fraction of sp³-hybridized carbons (Fsp3) is 0.143. The minimum atomic E-state index is 0.320. The highest BCUT2D eigenvalue weighted by molar-refractivity contribution is 7.80. The molecule has 0 aliphatic carbocycles. The van der Waals surface area contributed by atoms with Gasteiger partial charge in [0.25, 0.3) is 0 Å². The monoisotopic (exact) mass is 274 g/mol. The van der Waals surface area contributed by atoms with E-state index in [1.165, 1.54) is 0 Å². The number of aromatic nitrogens is 1. The van der Waals surface area contributed by atoms with Crippen molar-refractivity contribution in [3.63, 3.8) is 0 Å². The van der Waals surface area contributed by atoms with Crippen LogP contribution in [0.1, 0.15) is 12.5 Å². The summed E-state index contributed by atoms with van der Waals surface area (Å²) in [6.45, 7) is 2.58. The van der Waals surface area contributed by atoms with Crippen LogP contribution < -0.4 is 15.2 Å². The predicted molar refractivity (Wildman–Crippen MR) is 77.8 cm³/mol. The third kappa shape index (κ3) is 3.66. The van der Waals surface area contributed by atoms with E-state index in [0.29, 0.717) is 28.8 Å². The van der Waals surface area contributed by atoms with Crippen molar-refractivity contribution in [1.29, 1.82) is 0 Å². The second kappa shape index (κ2) is 6.15. The average molecular weight is 274 g/mol. The molecule has 1 aromatic heterocycles. The van der Waals surface area contributed by atoms with Crippen LogP contribution in [0.2, 0.25) is 0 Å². The summed E-state index contributed by atoms with van der Waals surface area (Å²) in [7, 11) is 0. The molecule has 0 aliphatic heterocycles. The molecule has 0 spiro atoms. The van der Waals surface area contributed by atoms with Crippen LogP contribution in [0.25, 0.3) is 0 Å². The molecule has 1 heterocycles. The first-order valence-electron chi connectivity index (χ1n) is 5.85. The quantitative estimate of drug-likeness (QED) is 0.850. The van der Waals surface area contributed by atoms with Gasteiger partial charge in [0.05, 0.1) is 6.61 Å². The molecule has 2 N–H and O–H groups in total. The Balaban J connectivity index is 2.06. The van der Waals surface area contributed by atoms with E-state index >= 15 is 0 Å². The summed E-state index contributed by atoms with van der Waals surface area (Å²) in [6.07, 6.45) is 1.59. The lowest BCUT2D eigenvalue weighted by molar-refractivity contribution is 0.339. The van der Waals surface area contributed by atoms with Gasteiger partial charge < -0.3 is 15.2 Å². The molecule has 0 fully saturated rings. The highest BCUT2D eigenvalue weighted by atomic mass is 32.1. The minimum absolute atomic E-state index is 0.320. The Morgan fingerprint density at radius 2 is 1.84 bits per heavy atom. The van der Waals surface area contributed by atoms with E-state index in [0.717, 1.165) is 5.75 Å². The number of pyridine rings is 1. The van der Waals surface area contributed by atoms with E-state index in [9.17, 15) is 0 Å². The van der Waals surface area contributed by atoms with E-state index < -0.39 is 0 Å². The van der Waals surface area contributed by atoms with Crippen molar-refractivity contribution in [2.45, 2.75) is 6.92 Å². The van der Waals surface area contributed by atoms with Crippen molar-refractivity contribution >= 4 is 17.2 Å². The number of hydrogen-bond acceptors (Lipinski definition) is 4. The van der Waals surface area contributed by atoms with Gasteiger partial charge in [-0.3, -0.25) is 0 Å². The summed E-state index contributed by atoms with van der Waals surface area (Å²) < 4.78 is 10.9. The van der Waals surface area contributed by atoms with Crippen LogP contribution in [-0.2, 0) is 0 Å². The summed E-state index contributed by atoms with van der Waals surface area (Å²) in [5.74, 6) is 2.00. The van der Waals surface area contributed by atoms with Crippen LogP contribution in [0.4, 0.5) is 0 Å². The van der Waals surface area contributed by atoms with Gasteiger partial charge in [0.15, 0.2) is 0 Å². The first-order chi connectivity index (χ1) is 9.19. The summed E-state index contributed by atoms with van der Waals surface area (Å²) >= 11 is 4.86. The van der Waals surface area contributed by atoms with Gasteiger partial charge in [0.2, 0.25) is 5.88 Å². The van der Waals surface area contributed by atoms with E-state index in [1.54, 1.807) is 18.3 Å². The number of thiocarbonyl (C=S) groups is 1. The lowest BCUT2D eigenvalue weighted by Gasteiger charge is -2.07. The van der Waals surface area contributed by atoms with Crippen molar-refractivity contribution in [2.75, 3.05) is 6.61 Å². The third-order valence-electron chi connectivity index (χ3n) is 2.38. The van der Waals surface area contributed by atoms with E-state index in [4.69, 9.17) is 27.4 Å². The molecule has 1 aromatic carbocycles. The molecule has 2 rings (SSSR count). The molecule has 2 aromatic rings. The number of hydrogen-bond donors (Lipinski definition) is 1. The largest absolute Gasteiger partial charge is 0.494 e. The average Bonchev–Trinajstić information content (AvgIpc) is 2.42. The van der Waals surface area contributed by atoms with E-state index in [2.05, 4.69) is 4.98 Å². The summed E-state index contributed by atoms with van der Waals surface area (Å²) in [6, 6.07) is 10.9. The Morgan fingerprint density at radius 3 is 2.37 bits per heavy atom. The number of nitrogens with two attached hydrogens (primary N) is 1. The summed E-state index contributed by atoms with van der Waals surface area (Å²) in [5.41, 5.74) is 6.21. The van der Waals surface area contributed by atoms with Gasteiger partial charge in [-0.25, -0.2) is 4.98 Å². The molecule has 4 nitrogen and oxygen atoms in total. The number of benzene rings is 1. The van der Waals surface area contributed by atoms with E-state index in [1.807, 2.05) is 31.2 Å².